The number of ether oxygens (including phenoxy) is 1. The summed E-state index contributed by atoms with van der Waals surface area (Å²) in [6.07, 6.45) is 1.94. The van der Waals surface area contributed by atoms with E-state index in [4.69, 9.17) is 4.74 Å². The number of piperidine rings is 1. The highest BCUT2D eigenvalue weighted by Crippen LogP contribution is 2.22. The molecular formula is C16H21NO2. The molecule has 102 valence electrons. The van der Waals surface area contributed by atoms with Crippen LogP contribution in [0.4, 0.5) is 4.79 Å². The van der Waals surface area contributed by atoms with Gasteiger partial charge in [-0.1, -0.05) is 42.5 Å². The molecule has 0 aromatic heterocycles. The molecule has 3 nitrogen and oxygen atoms in total. The van der Waals surface area contributed by atoms with E-state index in [1.807, 2.05) is 37.3 Å². The molecule has 1 atom stereocenters. The van der Waals surface area contributed by atoms with Crippen LogP contribution in [0.15, 0.2) is 42.5 Å². The molecule has 1 aromatic rings. The molecule has 1 amide bonds. The minimum Gasteiger partial charge on any atom is -0.445 e. The third kappa shape index (κ3) is 3.85. The molecule has 0 bridgehead atoms. The second-order valence-electron chi connectivity index (χ2n) is 5.17. The number of benzene rings is 1. The third-order valence-electron chi connectivity index (χ3n) is 3.58. The number of hydrogen-bond donors (Lipinski definition) is 0. The van der Waals surface area contributed by atoms with Gasteiger partial charge in [-0.15, -0.1) is 0 Å². The molecule has 1 saturated heterocycles. The summed E-state index contributed by atoms with van der Waals surface area (Å²) in [5.74, 6) is 0.415. The number of likely N-dealkylation sites (tertiary alicyclic amines) is 1. The highest BCUT2D eigenvalue weighted by molar-refractivity contribution is 5.67. The van der Waals surface area contributed by atoms with Crippen molar-refractivity contribution in [3.63, 3.8) is 0 Å². The minimum atomic E-state index is -0.213. The molecule has 1 fully saturated rings. The van der Waals surface area contributed by atoms with Crippen molar-refractivity contribution in [3.05, 3.63) is 48.0 Å². The fraction of sp³-hybridized carbons (Fsp3) is 0.438. The average molecular weight is 259 g/mol. The van der Waals surface area contributed by atoms with Crippen molar-refractivity contribution >= 4 is 6.09 Å². The Labute approximate surface area is 114 Å². The fourth-order valence-electron chi connectivity index (χ4n) is 2.36. The van der Waals surface area contributed by atoms with E-state index in [-0.39, 0.29) is 6.09 Å². The summed E-state index contributed by atoms with van der Waals surface area (Å²) in [5.41, 5.74) is 2.17. The third-order valence-corrected chi connectivity index (χ3v) is 3.58. The van der Waals surface area contributed by atoms with E-state index in [1.54, 1.807) is 4.90 Å². The van der Waals surface area contributed by atoms with Crippen molar-refractivity contribution in [2.75, 3.05) is 13.1 Å². The second-order valence-corrected chi connectivity index (χ2v) is 5.17. The van der Waals surface area contributed by atoms with Gasteiger partial charge in [0.2, 0.25) is 0 Å². The first kappa shape index (κ1) is 13.7. The lowest BCUT2D eigenvalue weighted by Gasteiger charge is -2.32. The molecule has 0 N–H and O–H groups in total. The van der Waals surface area contributed by atoms with Gasteiger partial charge in [-0.3, -0.25) is 0 Å². The van der Waals surface area contributed by atoms with E-state index in [0.717, 1.165) is 37.1 Å². The highest BCUT2D eigenvalue weighted by Gasteiger charge is 2.24. The van der Waals surface area contributed by atoms with Crippen molar-refractivity contribution in [1.29, 1.82) is 0 Å². The van der Waals surface area contributed by atoms with Crippen molar-refractivity contribution in [2.24, 2.45) is 5.92 Å². The molecule has 0 spiro atoms. The first-order valence-corrected chi connectivity index (χ1v) is 6.78. The summed E-state index contributed by atoms with van der Waals surface area (Å²) < 4.78 is 5.35. The van der Waals surface area contributed by atoms with Crippen LogP contribution in [0.1, 0.15) is 25.3 Å². The zero-order valence-electron chi connectivity index (χ0n) is 11.5. The monoisotopic (exact) mass is 259 g/mol. The molecule has 1 aliphatic heterocycles. The predicted molar refractivity (Wildman–Crippen MR) is 75.7 cm³/mol. The lowest BCUT2D eigenvalue weighted by molar-refractivity contribution is 0.0827. The van der Waals surface area contributed by atoms with Gasteiger partial charge in [0, 0.05) is 13.1 Å². The molecule has 1 aromatic carbocycles. The normalized spacial score (nSPS) is 19.0. The Balaban J connectivity index is 1.84. The summed E-state index contributed by atoms with van der Waals surface area (Å²) >= 11 is 0. The van der Waals surface area contributed by atoms with Crippen LogP contribution < -0.4 is 0 Å². The number of amides is 1. The summed E-state index contributed by atoms with van der Waals surface area (Å²) in [6, 6.07) is 9.76. The van der Waals surface area contributed by atoms with Gasteiger partial charge in [0.15, 0.2) is 0 Å². The van der Waals surface area contributed by atoms with E-state index >= 15 is 0 Å². The van der Waals surface area contributed by atoms with Crippen molar-refractivity contribution in [3.8, 4) is 0 Å². The number of rotatable bonds is 3. The Kier molecular flexibility index (Phi) is 4.61. The molecule has 19 heavy (non-hydrogen) atoms. The molecule has 0 saturated carbocycles. The van der Waals surface area contributed by atoms with Gasteiger partial charge in [0.1, 0.15) is 6.61 Å². The van der Waals surface area contributed by atoms with Crippen LogP contribution in [-0.4, -0.2) is 24.1 Å². The molecule has 2 rings (SSSR count). The zero-order valence-corrected chi connectivity index (χ0v) is 11.5. The maximum atomic E-state index is 12.0. The van der Waals surface area contributed by atoms with Crippen LogP contribution in [0, 0.1) is 5.92 Å². The van der Waals surface area contributed by atoms with E-state index < -0.39 is 0 Å². The standard InChI is InChI=1S/C16H21NO2/c1-13(2)15-9-6-10-17(11-15)16(18)19-12-14-7-4-3-5-8-14/h3-5,7-8,15H,1,6,9-12H2,2H3/t15-/m1/s1. The van der Waals surface area contributed by atoms with Gasteiger partial charge in [0.05, 0.1) is 0 Å². The maximum Gasteiger partial charge on any atom is 0.410 e. The fourth-order valence-corrected chi connectivity index (χ4v) is 2.36. The van der Waals surface area contributed by atoms with Crippen LogP contribution in [-0.2, 0) is 11.3 Å². The molecule has 1 heterocycles. The van der Waals surface area contributed by atoms with Gasteiger partial charge in [-0.2, -0.15) is 0 Å². The zero-order chi connectivity index (χ0) is 13.7. The summed E-state index contributed by atoms with van der Waals surface area (Å²) in [5, 5.41) is 0. The van der Waals surface area contributed by atoms with E-state index in [2.05, 4.69) is 6.58 Å². The second kappa shape index (κ2) is 6.41. The quantitative estimate of drug-likeness (QED) is 0.776. The van der Waals surface area contributed by atoms with Crippen molar-refractivity contribution in [2.45, 2.75) is 26.4 Å². The SMILES string of the molecule is C=C(C)[C@@H]1CCCN(C(=O)OCc2ccccc2)C1. The highest BCUT2D eigenvalue weighted by atomic mass is 16.6. The molecule has 0 unspecified atom stereocenters. The maximum absolute atomic E-state index is 12.0. The topological polar surface area (TPSA) is 29.5 Å². The van der Waals surface area contributed by atoms with Gasteiger partial charge in [-0.25, -0.2) is 4.79 Å². The Morgan fingerprint density at radius 1 is 1.42 bits per heavy atom. The van der Waals surface area contributed by atoms with Crippen LogP contribution >= 0.6 is 0 Å². The van der Waals surface area contributed by atoms with Crippen LogP contribution in [0.5, 0.6) is 0 Å². The lowest BCUT2D eigenvalue weighted by Crippen LogP contribution is -2.40. The van der Waals surface area contributed by atoms with Crippen LogP contribution in [0.2, 0.25) is 0 Å². The van der Waals surface area contributed by atoms with Crippen molar-refractivity contribution in [1.82, 2.24) is 4.90 Å². The summed E-state index contributed by atoms with van der Waals surface area (Å²) in [6.45, 7) is 7.89. The van der Waals surface area contributed by atoms with Gasteiger partial charge < -0.3 is 9.64 Å². The van der Waals surface area contributed by atoms with E-state index in [1.165, 1.54) is 0 Å². The minimum absolute atomic E-state index is 0.213. The van der Waals surface area contributed by atoms with E-state index in [0.29, 0.717) is 12.5 Å². The smallest absolute Gasteiger partial charge is 0.410 e. The van der Waals surface area contributed by atoms with Crippen LogP contribution in [0.25, 0.3) is 0 Å². The number of nitrogens with zero attached hydrogens (tertiary/aromatic N) is 1. The van der Waals surface area contributed by atoms with Crippen molar-refractivity contribution < 1.29 is 9.53 Å². The van der Waals surface area contributed by atoms with Gasteiger partial charge in [0.25, 0.3) is 0 Å². The summed E-state index contributed by atoms with van der Waals surface area (Å²) in [4.78, 5) is 13.8. The number of carbonyl (C=O) groups is 1. The Bertz CT molecular complexity index is 441. The Morgan fingerprint density at radius 2 is 2.16 bits per heavy atom. The molecule has 1 aliphatic rings. The lowest BCUT2D eigenvalue weighted by atomic mass is 9.92. The Hall–Kier alpha value is -1.77. The summed E-state index contributed by atoms with van der Waals surface area (Å²) in [7, 11) is 0. The first-order valence-electron chi connectivity index (χ1n) is 6.78. The number of hydrogen-bond acceptors (Lipinski definition) is 2. The Morgan fingerprint density at radius 3 is 2.84 bits per heavy atom. The predicted octanol–water partition coefficient (Wildman–Crippen LogP) is 3.61. The first-order chi connectivity index (χ1) is 9.16. The molecule has 3 heteroatoms. The molecule has 0 radical (unpaired) electrons. The van der Waals surface area contributed by atoms with Gasteiger partial charge >= 0.3 is 6.09 Å². The number of carbonyl (C=O) groups excluding carboxylic acids is 1. The van der Waals surface area contributed by atoms with Crippen LogP contribution in [0.3, 0.4) is 0 Å². The van der Waals surface area contributed by atoms with E-state index in [9.17, 15) is 4.79 Å². The molecular weight excluding hydrogens is 238 g/mol. The molecule has 0 aliphatic carbocycles. The average Bonchev–Trinajstić information content (AvgIpc) is 2.46. The largest absolute Gasteiger partial charge is 0.445 e. The van der Waals surface area contributed by atoms with Gasteiger partial charge in [-0.05, 0) is 31.2 Å².